The van der Waals surface area contributed by atoms with Crippen LogP contribution in [0.3, 0.4) is 0 Å². The van der Waals surface area contributed by atoms with Crippen LogP contribution < -0.4 is 0 Å². The molecule has 11 rings (SSSR count). The van der Waals surface area contributed by atoms with Crippen molar-refractivity contribution < 1.29 is 30.6 Å². The molecule has 6 N–H and O–H groups in total. The molecule has 0 fully saturated rings. The number of fused-ring (bicyclic) bond motifs is 6. The van der Waals surface area contributed by atoms with Gasteiger partial charge in [0.15, 0.2) is 23.3 Å². The molecule has 0 unspecified atom stereocenters. The third kappa shape index (κ3) is 12.0. The number of hydrogen-bond acceptors (Lipinski definition) is 12. The molecule has 0 amide bonds. The topological polar surface area (TPSA) is 199 Å². The second-order valence-electron chi connectivity index (χ2n) is 15.1. The number of rotatable bonds is 4. The predicted octanol–water partition coefficient (Wildman–Crippen LogP) is 13.9. The lowest BCUT2D eigenvalue weighted by Crippen LogP contribution is -2.00. The molecule has 18 heteroatoms. The van der Waals surface area contributed by atoms with E-state index < -0.39 is 11.4 Å². The van der Waals surface area contributed by atoms with Crippen molar-refractivity contribution in [1.82, 2.24) is 29.9 Å². The molecule has 9 aromatic carbocycles. The lowest BCUT2D eigenvalue weighted by molar-refractivity contribution is 0.449. The van der Waals surface area contributed by atoms with Gasteiger partial charge in [-0.2, -0.15) is 15.0 Å². The van der Waals surface area contributed by atoms with E-state index >= 15 is 0 Å². The van der Waals surface area contributed by atoms with Crippen LogP contribution in [0, 0.1) is 0 Å². The third-order valence-electron chi connectivity index (χ3n) is 10.5. The van der Waals surface area contributed by atoms with Crippen LogP contribution >= 0.6 is 53.3 Å². The van der Waals surface area contributed by atoms with E-state index in [1.807, 2.05) is 60.7 Å². The number of benzene rings is 9. The van der Waals surface area contributed by atoms with Gasteiger partial charge in [0.05, 0.1) is 11.1 Å². The zero-order chi connectivity index (χ0) is 49.5. The van der Waals surface area contributed by atoms with Crippen LogP contribution in [0.15, 0.2) is 170 Å². The van der Waals surface area contributed by atoms with Gasteiger partial charge in [-0.25, -0.2) is 45.1 Å². The molecule has 0 bridgehead atoms. The van der Waals surface area contributed by atoms with Crippen LogP contribution in [0.5, 0.6) is 34.5 Å². The Morgan fingerprint density at radius 3 is 1.10 bits per heavy atom. The summed E-state index contributed by atoms with van der Waals surface area (Å²) in [6, 6.07) is 50.9. The van der Waals surface area contributed by atoms with E-state index in [2.05, 4.69) is 78.4 Å². The van der Waals surface area contributed by atoms with Crippen LogP contribution in [0.2, 0.25) is 10.6 Å². The summed E-state index contributed by atoms with van der Waals surface area (Å²) in [5.41, 5.74) is 2.17. The molecule has 2 heterocycles. The Hall–Kier alpha value is -7.18. The summed E-state index contributed by atoms with van der Waals surface area (Å²) in [5, 5.41) is 67.0. The van der Waals surface area contributed by atoms with Gasteiger partial charge in [-0.3, -0.25) is 0 Å². The van der Waals surface area contributed by atoms with E-state index in [4.69, 9.17) is 63.6 Å². The van der Waals surface area contributed by atoms with Gasteiger partial charge < -0.3 is 30.6 Å². The van der Waals surface area contributed by atoms with Crippen molar-refractivity contribution >= 4 is 108 Å². The van der Waals surface area contributed by atoms with Crippen LogP contribution in [-0.2, 0) is 0 Å². The molecule has 11 aromatic rings. The van der Waals surface area contributed by atoms with E-state index in [-0.39, 0.29) is 56.7 Å². The van der Waals surface area contributed by atoms with E-state index in [1.165, 1.54) is 70.8 Å². The molecule has 0 radical (unpaired) electrons. The monoisotopic (exact) mass is 1040 g/mol. The van der Waals surface area contributed by atoms with Crippen molar-refractivity contribution in [2.45, 2.75) is 0 Å². The molecular formula is C52H34AlCl5N6O6. The quantitative estimate of drug-likeness (QED) is 0.0721. The molecule has 0 atom stereocenters. The minimum Gasteiger partial charge on any atom is -0.508 e. The van der Waals surface area contributed by atoms with Gasteiger partial charge in [0, 0.05) is 29.3 Å². The number of aromatic nitrogens is 6. The molecule has 0 saturated heterocycles. The zero-order valence-electron chi connectivity index (χ0n) is 36.0. The first-order valence-corrected chi connectivity index (χ1v) is 26.8. The number of phenols is 6. The van der Waals surface area contributed by atoms with Gasteiger partial charge in [-0.15, -0.1) is 0 Å². The average molecular weight is 1040 g/mol. The first-order chi connectivity index (χ1) is 33.7. The van der Waals surface area contributed by atoms with Crippen LogP contribution in [0.25, 0.3) is 88.6 Å². The van der Waals surface area contributed by atoms with E-state index in [1.54, 1.807) is 6.07 Å². The minimum atomic E-state index is -1.72. The Balaban J connectivity index is 0.000000163. The van der Waals surface area contributed by atoms with Gasteiger partial charge in [-0.1, -0.05) is 103 Å². The summed E-state index contributed by atoms with van der Waals surface area (Å²) in [5.74, 6) is 0.737. The maximum Gasteiger partial charge on any atom is 0.643 e. The molecule has 2 aromatic heterocycles. The highest BCUT2D eigenvalue weighted by molar-refractivity contribution is 7.54. The number of phenolic OH excluding ortho intramolecular Hbond substituents is 6. The van der Waals surface area contributed by atoms with Gasteiger partial charge >= 0.3 is 11.4 Å². The zero-order valence-corrected chi connectivity index (χ0v) is 40.9. The van der Waals surface area contributed by atoms with Gasteiger partial charge in [0.1, 0.15) is 34.5 Å². The van der Waals surface area contributed by atoms with Crippen LogP contribution in [0.1, 0.15) is 0 Å². The Labute approximate surface area is 425 Å². The molecular weight excluding hydrogens is 1010 g/mol. The molecule has 0 aliphatic heterocycles. The SMILES string of the molecule is Clc1nc(Cl)nc(-c2ccc3c(ccc4ccccc43)c2)n1.Oc1ccc(-c2nc(-c3ccc4c(ccc5ccccc54)c3)nc(-c3ccc(O)cc3O)n2)c(O)c1.Oc1cccc(O)c1.[Cl][Al]([Cl])[Cl]. The fourth-order valence-corrected chi connectivity index (χ4v) is 7.78. The second-order valence-corrected chi connectivity index (χ2v) is 22.2. The highest BCUT2D eigenvalue weighted by atomic mass is 35.8. The van der Waals surface area contributed by atoms with Crippen molar-refractivity contribution in [3.05, 3.63) is 180 Å². The molecule has 12 nitrogen and oxygen atoms in total. The molecule has 0 aliphatic carbocycles. The number of halogens is 5. The number of hydrogen-bond donors (Lipinski definition) is 6. The third-order valence-corrected chi connectivity index (χ3v) is 10.8. The Kier molecular flexibility index (Phi) is 15.5. The molecule has 0 spiro atoms. The van der Waals surface area contributed by atoms with Crippen molar-refractivity contribution in [2.75, 3.05) is 0 Å². The normalized spacial score (nSPS) is 10.7. The summed E-state index contributed by atoms with van der Waals surface area (Å²) >= 11 is 9.98. The van der Waals surface area contributed by atoms with Crippen molar-refractivity contribution in [1.29, 1.82) is 0 Å². The van der Waals surface area contributed by atoms with E-state index in [9.17, 15) is 20.4 Å². The lowest BCUT2D eigenvalue weighted by Gasteiger charge is -2.11. The predicted molar refractivity (Wildman–Crippen MR) is 281 cm³/mol. The molecule has 346 valence electrons. The average Bonchev–Trinajstić information content (AvgIpc) is 3.33. The fraction of sp³-hybridized carbons (Fsp3) is 0. The Bertz CT molecular complexity index is 3600. The number of aromatic hydroxyl groups is 6. The lowest BCUT2D eigenvalue weighted by atomic mass is 10.00. The summed E-state index contributed by atoms with van der Waals surface area (Å²) in [6.07, 6.45) is 0. The second kappa shape index (κ2) is 22.1. The van der Waals surface area contributed by atoms with Crippen molar-refractivity contribution in [2.24, 2.45) is 0 Å². The van der Waals surface area contributed by atoms with E-state index in [0.29, 0.717) is 22.8 Å². The Morgan fingerprint density at radius 1 is 0.314 bits per heavy atom. The summed E-state index contributed by atoms with van der Waals surface area (Å²) in [4.78, 5) is 25.7. The highest BCUT2D eigenvalue weighted by Gasteiger charge is 2.18. The van der Waals surface area contributed by atoms with Crippen LogP contribution in [-0.4, -0.2) is 71.9 Å². The van der Waals surface area contributed by atoms with Crippen molar-refractivity contribution in [3.8, 4) is 80.0 Å². The van der Waals surface area contributed by atoms with Gasteiger partial charge in [-0.05, 0) is 115 Å². The number of nitrogens with zero attached hydrogens (tertiary/aromatic N) is 6. The standard InChI is InChI=1S/C29H19N3O4.C17H9Cl2N3.C6H6O2.Al.3ClH/c33-19-8-11-23(25(35)14-19)28-30-27(31-29(32-28)24-12-9-20(34)15-26(24)36)18-7-10-22-17(13-18)6-5-16-3-1-2-4-21(16)22;18-16-20-15(21-17(19)22-16)12-7-8-14-11(9-12)6-5-10-3-1-2-4-13(10)14;7-5-2-1-3-6(8)4-5;;;;/h1-15,33-36H;1-9H;1-4,7-8H;;3*1H/q;;;+3;;;/p-3. The first-order valence-electron chi connectivity index (χ1n) is 20.8. The summed E-state index contributed by atoms with van der Waals surface area (Å²) < 4.78 is 0. The van der Waals surface area contributed by atoms with Crippen LogP contribution in [0.4, 0.5) is 0 Å². The summed E-state index contributed by atoms with van der Waals surface area (Å²) in [6.45, 7) is 0. The molecule has 70 heavy (non-hydrogen) atoms. The smallest absolute Gasteiger partial charge is 0.508 e. The highest BCUT2D eigenvalue weighted by Crippen LogP contribution is 2.37. The van der Waals surface area contributed by atoms with Gasteiger partial charge in [0.2, 0.25) is 10.6 Å². The van der Waals surface area contributed by atoms with Crippen molar-refractivity contribution in [3.63, 3.8) is 0 Å². The van der Waals surface area contributed by atoms with E-state index in [0.717, 1.165) is 38.1 Å². The minimum absolute atomic E-state index is 0.0880. The maximum absolute atomic E-state index is 10.5. The summed E-state index contributed by atoms with van der Waals surface area (Å²) in [7, 11) is 14.8. The fourth-order valence-electron chi connectivity index (χ4n) is 7.42. The first kappa shape index (κ1) is 49.3. The van der Waals surface area contributed by atoms with Gasteiger partial charge in [0.25, 0.3) is 0 Å². The largest absolute Gasteiger partial charge is 0.643 e. The maximum atomic E-state index is 10.5. The molecule has 0 aliphatic rings. The Morgan fingerprint density at radius 2 is 0.686 bits per heavy atom. The molecule has 0 saturated carbocycles.